The van der Waals surface area contributed by atoms with Crippen LogP contribution in [0.1, 0.15) is 24.6 Å². The molecule has 1 aliphatic rings. The fourth-order valence-electron chi connectivity index (χ4n) is 3.43. The molecule has 1 saturated heterocycles. The molecule has 4 rings (SSSR count). The SMILES string of the molecule is Cn1cnnc1C1CCN(c2nc(F)ccc2-c2cccnc2)CC1. The van der Waals surface area contributed by atoms with E-state index in [4.69, 9.17) is 0 Å². The first-order chi connectivity index (χ1) is 12.2. The summed E-state index contributed by atoms with van der Waals surface area (Å²) in [7, 11) is 1.97. The van der Waals surface area contributed by atoms with Gasteiger partial charge in [0.1, 0.15) is 18.0 Å². The van der Waals surface area contributed by atoms with Gasteiger partial charge < -0.3 is 9.47 Å². The standard InChI is InChI=1S/C18H19FN6/c1-24-12-21-23-17(24)13-6-9-25(10-7-13)18-15(4-5-16(19)22-18)14-3-2-8-20-11-14/h2-5,8,11-13H,6-7,9-10H2,1H3. The van der Waals surface area contributed by atoms with Crippen LogP contribution in [0.5, 0.6) is 0 Å². The average Bonchev–Trinajstić information content (AvgIpc) is 3.08. The van der Waals surface area contributed by atoms with Crippen molar-refractivity contribution in [1.29, 1.82) is 0 Å². The van der Waals surface area contributed by atoms with Gasteiger partial charge in [-0.3, -0.25) is 4.98 Å². The van der Waals surface area contributed by atoms with E-state index in [1.807, 2.05) is 23.7 Å². The molecule has 0 saturated carbocycles. The van der Waals surface area contributed by atoms with E-state index in [1.165, 1.54) is 6.07 Å². The molecule has 0 spiro atoms. The average molecular weight is 338 g/mol. The van der Waals surface area contributed by atoms with Crippen molar-refractivity contribution in [2.45, 2.75) is 18.8 Å². The highest BCUT2D eigenvalue weighted by atomic mass is 19.1. The van der Waals surface area contributed by atoms with E-state index in [0.29, 0.717) is 11.7 Å². The lowest BCUT2D eigenvalue weighted by Gasteiger charge is -2.33. The quantitative estimate of drug-likeness (QED) is 0.687. The largest absolute Gasteiger partial charge is 0.356 e. The predicted octanol–water partition coefficient (Wildman–Crippen LogP) is 2.80. The Kier molecular flexibility index (Phi) is 4.13. The van der Waals surface area contributed by atoms with Gasteiger partial charge in [-0.05, 0) is 31.0 Å². The number of nitrogens with zero attached hydrogens (tertiary/aromatic N) is 6. The lowest BCUT2D eigenvalue weighted by Crippen LogP contribution is -2.34. The molecule has 0 N–H and O–H groups in total. The number of pyridine rings is 2. The number of rotatable bonds is 3. The number of hydrogen-bond acceptors (Lipinski definition) is 5. The summed E-state index contributed by atoms with van der Waals surface area (Å²) in [6.07, 6.45) is 7.13. The Hall–Kier alpha value is -2.83. The van der Waals surface area contributed by atoms with Gasteiger partial charge in [0.15, 0.2) is 0 Å². The van der Waals surface area contributed by atoms with Crippen LogP contribution >= 0.6 is 0 Å². The number of anilines is 1. The number of piperidine rings is 1. The van der Waals surface area contributed by atoms with Crippen molar-refractivity contribution in [3.05, 3.63) is 54.8 Å². The highest BCUT2D eigenvalue weighted by molar-refractivity contribution is 5.75. The fraction of sp³-hybridized carbons (Fsp3) is 0.333. The van der Waals surface area contributed by atoms with Crippen LogP contribution in [0, 0.1) is 5.95 Å². The van der Waals surface area contributed by atoms with Gasteiger partial charge in [0.2, 0.25) is 5.95 Å². The zero-order valence-electron chi connectivity index (χ0n) is 14.0. The summed E-state index contributed by atoms with van der Waals surface area (Å²) in [6, 6.07) is 7.03. The first kappa shape index (κ1) is 15.7. The fourth-order valence-corrected chi connectivity index (χ4v) is 3.43. The van der Waals surface area contributed by atoms with Crippen LogP contribution in [0.3, 0.4) is 0 Å². The highest BCUT2D eigenvalue weighted by Gasteiger charge is 2.26. The van der Waals surface area contributed by atoms with Gasteiger partial charge in [-0.25, -0.2) is 4.98 Å². The van der Waals surface area contributed by atoms with Crippen molar-refractivity contribution in [3.63, 3.8) is 0 Å². The van der Waals surface area contributed by atoms with Gasteiger partial charge in [0.05, 0.1) is 0 Å². The number of aryl methyl sites for hydroxylation is 1. The maximum atomic E-state index is 13.8. The lowest BCUT2D eigenvalue weighted by atomic mass is 9.95. The van der Waals surface area contributed by atoms with Crippen molar-refractivity contribution in [3.8, 4) is 11.1 Å². The second-order valence-electron chi connectivity index (χ2n) is 6.31. The number of aromatic nitrogens is 5. The van der Waals surface area contributed by atoms with Gasteiger partial charge >= 0.3 is 0 Å². The van der Waals surface area contributed by atoms with Crippen molar-refractivity contribution in [1.82, 2.24) is 24.7 Å². The molecule has 25 heavy (non-hydrogen) atoms. The normalized spacial score (nSPS) is 15.5. The Labute approximate surface area is 145 Å². The van der Waals surface area contributed by atoms with Crippen molar-refractivity contribution in [2.75, 3.05) is 18.0 Å². The zero-order valence-corrected chi connectivity index (χ0v) is 14.0. The molecular formula is C18H19FN6. The lowest BCUT2D eigenvalue weighted by molar-refractivity contribution is 0.470. The molecule has 0 atom stereocenters. The molecule has 7 heteroatoms. The topological polar surface area (TPSA) is 59.7 Å². The van der Waals surface area contributed by atoms with Crippen molar-refractivity contribution >= 4 is 5.82 Å². The summed E-state index contributed by atoms with van der Waals surface area (Å²) in [5.41, 5.74) is 1.85. The van der Waals surface area contributed by atoms with Crippen LogP contribution in [0.4, 0.5) is 10.2 Å². The molecule has 128 valence electrons. The van der Waals surface area contributed by atoms with E-state index < -0.39 is 5.95 Å². The molecular weight excluding hydrogens is 319 g/mol. The first-order valence-corrected chi connectivity index (χ1v) is 8.38. The minimum Gasteiger partial charge on any atom is -0.356 e. The third-order valence-corrected chi connectivity index (χ3v) is 4.72. The molecule has 3 aromatic heterocycles. The maximum absolute atomic E-state index is 13.8. The van der Waals surface area contributed by atoms with Crippen LogP contribution in [0.25, 0.3) is 11.1 Å². The van der Waals surface area contributed by atoms with Crippen LogP contribution in [-0.4, -0.2) is 37.8 Å². The smallest absolute Gasteiger partial charge is 0.214 e. The second-order valence-corrected chi connectivity index (χ2v) is 6.31. The van der Waals surface area contributed by atoms with Crippen LogP contribution in [0.2, 0.25) is 0 Å². The number of halogens is 1. The molecule has 1 fully saturated rings. The Morgan fingerprint density at radius 2 is 2.00 bits per heavy atom. The van der Waals surface area contributed by atoms with E-state index in [0.717, 1.165) is 42.9 Å². The summed E-state index contributed by atoms with van der Waals surface area (Å²) in [6.45, 7) is 1.61. The summed E-state index contributed by atoms with van der Waals surface area (Å²) >= 11 is 0. The summed E-state index contributed by atoms with van der Waals surface area (Å²) < 4.78 is 15.8. The Bertz CT molecular complexity index is 855. The van der Waals surface area contributed by atoms with Gasteiger partial charge in [-0.1, -0.05) is 6.07 Å². The second kappa shape index (κ2) is 6.58. The van der Waals surface area contributed by atoms with Gasteiger partial charge in [-0.15, -0.1) is 10.2 Å². The Morgan fingerprint density at radius 1 is 1.16 bits per heavy atom. The minimum absolute atomic E-state index is 0.374. The third kappa shape index (κ3) is 3.09. The molecule has 3 aromatic rings. The summed E-state index contributed by atoms with van der Waals surface area (Å²) in [4.78, 5) is 10.5. The number of hydrogen-bond donors (Lipinski definition) is 0. The van der Waals surface area contributed by atoms with E-state index in [-0.39, 0.29) is 0 Å². The van der Waals surface area contributed by atoms with Gasteiger partial charge in [0.25, 0.3) is 0 Å². The Morgan fingerprint density at radius 3 is 2.68 bits per heavy atom. The van der Waals surface area contributed by atoms with E-state index in [1.54, 1.807) is 24.8 Å². The zero-order chi connectivity index (χ0) is 17.2. The first-order valence-electron chi connectivity index (χ1n) is 8.38. The highest BCUT2D eigenvalue weighted by Crippen LogP contribution is 2.33. The molecule has 0 bridgehead atoms. The molecule has 6 nitrogen and oxygen atoms in total. The van der Waals surface area contributed by atoms with Crippen LogP contribution in [0.15, 0.2) is 43.0 Å². The summed E-state index contributed by atoms with van der Waals surface area (Å²) in [5, 5.41) is 8.20. The molecule has 0 aliphatic carbocycles. The van der Waals surface area contributed by atoms with Gasteiger partial charge in [-0.2, -0.15) is 4.39 Å². The molecule has 0 amide bonds. The van der Waals surface area contributed by atoms with Crippen molar-refractivity contribution in [2.24, 2.45) is 7.05 Å². The monoisotopic (exact) mass is 338 g/mol. The molecule has 1 aliphatic heterocycles. The third-order valence-electron chi connectivity index (χ3n) is 4.72. The minimum atomic E-state index is -0.460. The molecule has 0 aromatic carbocycles. The van der Waals surface area contributed by atoms with E-state index >= 15 is 0 Å². The van der Waals surface area contributed by atoms with Crippen LogP contribution in [-0.2, 0) is 7.05 Å². The van der Waals surface area contributed by atoms with Crippen molar-refractivity contribution < 1.29 is 4.39 Å². The molecule has 0 unspecified atom stereocenters. The maximum Gasteiger partial charge on any atom is 0.214 e. The van der Waals surface area contributed by atoms with Crippen LogP contribution < -0.4 is 4.90 Å². The van der Waals surface area contributed by atoms with E-state index in [9.17, 15) is 4.39 Å². The molecule has 0 radical (unpaired) electrons. The van der Waals surface area contributed by atoms with Gasteiger partial charge in [0, 0.05) is 49.6 Å². The Balaban J connectivity index is 1.59. The summed E-state index contributed by atoms with van der Waals surface area (Å²) in [5.74, 6) is 1.61. The molecule has 4 heterocycles. The van der Waals surface area contributed by atoms with E-state index in [2.05, 4.69) is 25.1 Å². The predicted molar refractivity (Wildman–Crippen MR) is 92.6 cm³/mol.